The minimum Gasteiger partial charge on any atom is -0.467 e. The van der Waals surface area contributed by atoms with Crippen LogP contribution >= 0.6 is 15.9 Å². The predicted octanol–water partition coefficient (Wildman–Crippen LogP) is 3.18. The Balaban J connectivity index is 2.22. The van der Waals surface area contributed by atoms with Crippen molar-refractivity contribution in [1.29, 1.82) is 5.26 Å². The molecule has 1 amide bonds. The van der Waals surface area contributed by atoms with E-state index in [9.17, 15) is 4.79 Å². The van der Waals surface area contributed by atoms with Gasteiger partial charge in [0, 0.05) is 16.7 Å². The number of anilines is 1. The molecule has 0 saturated heterocycles. The van der Waals surface area contributed by atoms with Crippen LogP contribution in [0.3, 0.4) is 0 Å². The Morgan fingerprint density at radius 1 is 1.43 bits per heavy atom. The largest absolute Gasteiger partial charge is 0.467 e. The van der Waals surface area contributed by atoms with Crippen LogP contribution in [0.1, 0.15) is 22.5 Å². The zero-order valence-electron chi connectivity index (χ0n) is 11.3. The first-order valence-electron chi connectivity index (χ1n) is 6.35. The molecule has 0 fully saturated rings. The van der Waals surface area contributed by atoms with Crippen LogP contribution in [-0.2, 0) is 6.54 Å². The van der Waals surface area contributed by atoms with Gasteiger partial charge < -0.3 is 15.1 Å². The van der Waals surface area contributed by atoms with Crippen molar-refractivity contribution in [2.45, 2.75) is 13.0 Å². The quantitative estimate of drug-likeness (QED) is 0.841. The number of carbonyl (C=O) groups excluding carboxylic acids is 1. The highest BCUT2D eigenvalue weighted by atomic mass is 79.9. The summed E-state index contributed by atoms with van der Waals surface area (Å²) in [5, 5.41) is 8.74. The monoisotopic (exact) mass is 347 g/mol. The first-order chi connectivity index (χ1) is 10.1. The Kier molecular flexibility index (Phi) is 5.01. The fourth-order valence-corrected chi connectivity index (χ4v) is 2.31. The average Bonchev–Trinajstić information content (AvgIpc) is 2.95. The van der Waals surface area contributed by atoms with Crippen molar-refractivity contribution in [1.82, 2.24) is 4.90 Å². The van der Waals surface area contributed by atoms with Crippen LogP contribution in [0.15, 0.2) is 45.5 Å². The fourth-order valence-electron chi connectivity index (χ4n) is 1.93. The molecule has 0 bridgehead atoms. The van der Waals surface area contributed by atoms with Crippen molar-refractivity contribution in [2.75, 3.05) is 12.3 Å². The van der Waals surface area contributed by atoms with Crippen LogP contribution in [0.5, 0.6) is 0 Å². The minimum atomic E-state index is -0.216. The molecular formula is C15H14BrN3O2. The van der Waals surface area contributed by atoms with E-state index in [1.54, 1.807) is 41.5 Å². The molecule has 0 aliphatic carbocycles. The van der Waals surface area contributed by atoms with Crippen LogP contribution < -0.4 is 5.73 Å². The number of rotatable bonds is 5. The summed E-state index contributed by atoms with van der Waals surface area (Å²) in [5.74, 6) is 0.448. The second-order valence-electron chi connectivity index (χ2n) is 4.45. The zero-order valence-corrected chi connectivity index (χ0v) is 12.8. The van der Waals surface area contributed by atoms with Crippen molar-refractivity contribution in [3.8, 4) is 6.07 Å². The molecule has 6 heteroatoms. The molecule has 0 atom stereocenters. The maximum atomic E-state index is 12.6. The van der Waals surface area contributed by atoms with Gasteiger partial charge in [-0.05, 0) is 30.3 Å². The molecule has 1 aromatic heterocycles. The molecule has 0 aliphatic heterocycles. The molecule has 2 rings (SSSR count). The van der Waals surface area contributed by atoms with Gasteiger partial charge >= 0.3 is 0 Å². The van der Waals surface area contributed by atoms with Crippen molar-refractivity contribution < 1.29 is 9.21 Å². The third-order valence-electron chi connectivity index (χ3n) is 2.95. The van der Waals surface area contributed by atoms with E-state index in [-0.39, 0.29) is 12.3 Å². The van der Waals surface area contributed by atoms with Gasteiger partial charge in [0.15, 0.2) is 0 Å². The second-order valence-corrected chi connectivity index (χ2v) is 5.36. The van der Waals surface area contributed by atoms with E-state index >= 15 is 0 Å². The summed E-state index contributed by atoms with van der Waals surface area (Å²) in [6.45, 7) is 0.633. The molecule has 21 heavy (non-hydrogen) atoms. The molecule has 1 aromatic carbocycles. The Bertz CT molecular complexity index is 662. The maximum Gasteiger partial charge on any atom is 0.256 e. The predicted molar refractivity (Wildman–Crippen MR) is 82.2 cm³/mol. The molecule has 0 aliphatic rings. The number of nitriles is 1. The van der Waals surface area contributed by atoms with Crippen molar-refractivity contribution >= 4 is 27.5 Å². The lowest BCUT2D eigenvalue weighted by Gasteiger charge is -2.21. The molecule has 0 spiro atoms. The molecule has 0 unspecified atom stereocenters. The van der Waals surface area contributed by atoms with Gasteiger partial charge in [0.05, 0.1) is 30.9 Å². The van der Waals surface area contributed by atoms with Crippen LogP contribution in [0, 0.1) is 11.3 Å². The molecule has 108 valence electrons. The summed E-state index contributed by atoms with van der Waals surface area (Å²) in [6.07, 6.45) is 1.80. The van der Waals surface area contributed by atoms with E-state index < -0.39 is 0 Å². The minimum absolute atomic E-state index is 0.216. The first kappa shape index (κ1) is 15.1. The number of hydrogen-bond donors (Lipinski definition) is 1. The Morgan fingerprint density at radius 2 is 2.24 bits per heavy atom. The number of hydrogen-bond acceptors (Lipinski definition) is 4. The highest BCUT2D eigenvalue weighted by molar-refractivity contribution is 9.10. The molecule has 0 radical (unpaired) electrons. The summed E-state index contributed by atoms with van der Waals surface area (Å²) >= 11 is 3.31. The number of nitrogens with two attached hydrogens (primary N) is 1. The normalized spacial score (nSPS) is 10.1. The van der Waals surface area contributed by atoms with Crippen LogP contribution in [0.4, 0.5) is 5.69 Å². The van der Waals surface area contributed by atoms with Gasteiger partial charge in [-0.3, -0.25) is 4.79 Å². The van der Waals surface area contributed by atoms with Crippen molar-refractivity contribution in [3.63, 3.8) is 0 Å². The van der Waals surface area contributed by atoms with Crippen LogP contribution in [-0.4, -0.2) is 17.4 Å². The highest BCUT2D eigenvalue weighted by Gasteiger charge is 2.19. The number of benzene rings is 1. The Hall–Kier alpha value is -2.26. The zero-order chi connectivity index (χ0) is 15.2. The van der Waals surface area contributed by atoms with Gasteiger partial charge in [-0.15, -0.1) is 0 Å². The summed E-state index contributed by atoms with van der Waals surface area (Å²) in [5.41, 5.74) is 6.71. The van der Waals surface area contributed by atoms with E-state index in [4.69, 9.17) is 15.4 Å². The van der Waals surface area contributed by atoms with E-state index in [0.717, 1.165) is 4.47 Å². The van der Waals surface area contributed by atoms with Gasteiger partial charge in [-0.2, -0.15) is 5.26 Å². The standard InChI is InChI=1S/C15H14BrN3O2/c16-11-4-5-13(14(18)9-11)15(20)19(7-2-6-17)10-12-3-1-8-21-12/h1,3-5,8-9H,2,7,10,18H2. The molecule has 2 aromatic rings. The molecule has 1 heterocycles. The SMILES string of the molecule is N#CCCN(Cc1ccco1)C(=O)c1ccc(Br)cc1N. The smallest absolute Gasteiger partial charge is 0.256 e. The molecule has 2 N–H and O–H groups in total. The summed E-state index contributed by atoms with van der Waals surface area (Å²) < 4.78 is 6.08. The second kappa shape index (κ2) is 6.95. The Labute approximate surface area is 131 Å². The number of furan rings is 1. The third kappa shape index (κ3) is 3.86. The number of nitrogen functional groups attached to an aromatic ring is 1. The fraction of sp³-hybridized carbons (Fsp3) is 0.200. The van der Waals surface area contributed by atoms with Gasteiger partial charge in [-0.25, -0.2) is 0 Å². The van der Waals surface area contributed by atoms with E-state index in [0.29, 0.717) is 30.1 Å². The average molecular weight is 348 g/mol. The van der Waals surface area contributed by atoms with E-state index in [2.05, 4.69) is 15.9 Å². The van der Waals surface area contributed by atoms with E-state index in [1.165, 1.54) is 0 Å². The maximum absolute atomic E-state index is 12.6. The summed E-state index contributed by atoms with van der Waals surface area (Å²) in [6, 6.07) is 10.7. The Morgan fingerprint density at radius 3 is 2.86 bits per heavy atom. The van der Waals surface area contributed by atoms with E-state index in [1.807, 2.05) is 6.07 Å². The topological polar surface area (TPSA) is 83.3 Å². The van der Waals surface area contributed by atoms with Crippen LogP contribution in [0.2, 0.25) is 0 Å². The first-order valence-corrected chi connectivity index (χ1v) is 7.14. The van der Waals surface area contributed by atoms with Gasteiger partial charge in [0.25, 0.3) is 5.91 Å². The number of nitrogens with zero attached hydrogens (tertiary/aromatic N) is 2. The van der Waals surface area contributed by atoms with Gasteiger partial charge in [0.1, 0.15) is 5.76 Å². The number of amides is 1. The van der Waals surface area contributed by atoms with Crippen molar-refractivity contribution in [2.24, 2.45) is 0 Å². The van der Waals surface area contributed by atoms with Crippen molar-refractivity contribution in [3.05, 3.63) is 52.4 Å². The summed E-state index contributed by atoms with van der Waals surface area (Å²) in [4.78, 5) is 14.1. The molecule has 0 saturated carbocycles. The molecular weight excluding hydrogens is 334 g/mol. The molecule has 5 nitrogen and oxygen atoms in total. The lowest BCUT2D eigenvalue weighted by Crippen LogP contribution is -2.31. The lowest BCUT2D eigenvalue weighted by atomic mass is 10.1. The highest BCUT2D eigenvalue weighted by Crippen LogP contribution is 2.21. The number of carbonyl (C=O) groups is 1. The summed E-state index contributed by atoms with van der Waals surface area (Å²) in [7, 11) is 0. The van der Waals surface area contributed by atoms with Gasteiger partial charge in [-0.1, -0.05) is 15.9 Å². The lowest BCUT2D eigenvalue weighted by molar-refractivity contribution is 0.0736. The van der Waals surface area contributed by atoms with Crippen LogP contribution in [0.25, 0.3) is 0 Å². The van der Waals surface area contributed by atoms with Gasteiger partial charge in [0.2, 0.25) is 0 Å². The number of halogens is 1. The third-order valence-corrected chi connectivity index (χ3v) is 3.44.